The van der Waals surface area contributed by atoms with E-state index in [0.717, 1.165) is 38.5 Å². The lowest BCUT2D eigenvalue weighted by Gasteiger charge is -2.41. The standard InChI is InChI=1S/C33H65NO12S/c1-3-5-7-9-11-13-14-16-17-19-21-26(36)25(34-32(40)27(37)22-20-18-15-12-10-8-6-4-2)24-44-33-30(39)31(46-47(41,42)43)29(38)28(23-35)45-33/h25-31,33,35-39H,3-24H2,1-2H3,(H,34,40)(H,41,42,43). The van der Waals surface area contributed by atoms with Crippen LogP contribution in [0.4, 0.5) is 0 Å². The number of aliphatic hydroxyl groups is 5. The van der Waals surface area contributed by atoms with Gasteiger partial charge >= 0.3 is 10.4 Å². The average molecular weight is 700 g/mol. The van der Waals surface area contributed by atoms with E-state index in [1.165, 1.54) is 64.2 Å². The molecule has 8 atom stereocenters. The molecule has 0 saturated carbocycles. The molecule has 47 heavy (non-hydrogen) atoms. The molecule has 280 valence electrons. The molecule has 14 heteroatoms. The summed E-state index contributed by atoms with van der Waals surface area (Å²) in [6, 6.07) is -1.02. The first kappa shape index (κ1) is 44.1. The van der Waals surface area contributed by atoms with E-state index in [1.807, 2.05) is 0 Å². The summed E-state index contributed by atoms with van der Waals surface area (Å²) in [5, 5.41) is 54.7. The van der Waals surface area contributed by atoms with Crippen molar-refractivity contribution >= 4 is 16.3 Å². The van der Waals surface area contributed by atoms with E-state index >= 15 is 0 Å². The number of aliphatic hydroxyl groups excluding tert-OH is 5. The Morgan fingerprint density at radius 1 is 0.766 bits per heavy atom. The van der Waals surface area contributed by atoms with Crippen LogP contribution in [0.1, 0.15) is 142 Å². The second kappa shape index (κ2) is 25.9. The summed E-state index contributed by atoms with van der Waals surface area (Å²) in [4.78, 5) is 12.9. The molecule has 0 radical (unpaired) electrons. The molecule has 13 nitrogen and oxygen atoms in total. The Labute approximate surface area is 282 Å². The fourth-order valence-corrected chi connectivity index (χ4v) is 6.32. The monoisotopic (exact) mass is 699 g/mol. The van der Waals surface area contributed by atoms with Crippen molar-refractivity contribution in [1.82, 2.24) is 5.32 Å². The average Bonchev–Trinajstić information content (AvgIpc) is 3.03. The number of hydrogen-bond donors (Lipinski definition) is 7. The van der Waals surface area contributed by atoms with Gasteiger partial charge in [0.2, 0.25) is 5.91 Å². The highest BCUT2D eigenvalue weighted by Crippen LogP contribution is 2.26. The summed E-state index contributed by atoms with van der Waals surface area (Å²) < 4.78 is 47.1. The van der Waals surface area contributed by atoms with E-state index in [-0.39, 0.29) is 6.42 Å². The molecular formula is C33H65NO12S. The highest BCUT2D eigenvalue weighted by atomic mass is 32.3. The van der Waals surface area contributed by atoms with Crippen molar-refractivity contribution in [2.75, 3.05) is 13.2 Å². The van der Waals surface area contributed by atoms with Crippen LogP contribution >= 0.6 is 0 Å². The van der Waals surface area contributed by atoms with E-state index in [2.05, 4.69) is 23.3 Å². The summed E-state index contributed by atoms with van der Waals surface area (Å²) >= 11 is 0. The zero-order chi connectivity index (χ0) is 35.1. The lowest BCUT2D eigenvalue weighted by molar-refractivity contribution is -0.298. The zero-order valence-corrected chi connectivity index (χ0v) is 29.5. The molecule has 7 N–H and O–H groups in total. The smallest absolute Gasteiger partial charge is 0.394 e. The molecule has 0 spiro atoms. The highest BCUT2D eigenvalue weighted by Gasteiger charge is 2.48. The maximum Gasteiger partial charge on any atom is 0.397 e. The molecule has 1 fully saturated rings. The maximum absolute atomic E-state index is 12.9. The molecular weight excluding hydrogens is 634 g/mol. The molecule has 1 heterocycles. The molecule has 0 aliphatic carbocycles. The number of amides is 1. The van der Waals surface area contributed by atoms with Crippen LogP contribution in [0.25, 0.3) is 0 Å². The summed E-state index contributed by atoms with van der Waals surface area (Å²) in [7, 11) is -5.09. The van der Waals surface area contributed by atoms with Crippen LogP contribution in [-0.4, -0.2) is 107 Å². The Morgan fingerprint density at radius 3 is 1.70 bits per heavy atom. The van der Waals surface area contributed by atoms with Gasteiger partial charge in [-0.15, -0.1) is 0 Å². The predicted octanol–water partition coefficient (Wildman–Crippen LogP) is 3.68. The first-order chi connectivity index (χ1) is 22.4. The maximum atomic E-state index is 12.9. The largest absolute Gasteiger partial charge is 0.397 e. The number of unbranched alkanes of at least 4 members (excludes halogenated alkanes) is 16. The van der Waals surface area contributed by atoms with Crippen LogP contribution in [0.2, 0.25) is 0 Å². The van der Waals surface area contributed by atoms with Crippen LogP contribution < -0.4 is 5.32 Å². The fraction of sp³-hybridized carbons (Fsp3) is 0.970. The van der Waals surface area contributed by atoms with E-state index in [4.69, 9.17) is 14.0 Å². The van der Waals surface area contributed by atoms with Crippen molar-refractivity contribution in [3.63, 3.8) is 0 Å². The molecule has 1 amide bonds. The Hall–Kier alpha value is -0.940. The third-order valence-electron chi connectivity index (χ3n) is 8.77. The topological polar surface area (TPSA) is 212 Å². The summed E-state index contributed by atoms with van der Waals surface area (Å²) in [6.07, 6.45) is 9.13. The third kappa shape index (κ3) is 19.7. The number of rotatable bonds is 29. The quantitative estimate of drug-likeness (QED) is 0.0440. The number of hydrogen-bond acceptors (Lipinski definition) is 11. The van der Waals surface area contributed by atoms with Gasteiger partial charge in [-0.3, -0.25) is 9.35 Å². The molecule has 0 bridgehead atoms. The van der Waals surface area contributed by atoms with Crippen LogP contribution in [0, 0.1) is 0 Å². The van der Waals surface area contributed by atoms with Crippen molar-refractivity contribution in [2.24, 2.45) is 0 Å². The number of nitrogens with one attached hydrogen (secondary N) is 1. The van der Waals surface area contributed by atoms with Gasteiger partial charge in [0.1, 0.15) is 30.5 Å². The number of carbonyl (C=O) groups is 1. The minimum atomic E-state index is -5.09. The molecule has 8 unspecified atom stereocenters. The Balaban J connectivity index is 2.74. The molecule has 1 rings (SSSR count). The zero-order valence-electron chi connectivity index (χ0n) is 28.7. The number of carbonyl (C=O) groups excluding carboxylic acids is 1. The molecule has 0 aromatic rings. The van der Waals surface area contributed by atoms with E-state index < -0.39 is 78.5 Å². The molecule has 0 aromatic carbocycles. The van der Waals surface area contributed by atoms with Gasteiger partial charge in [-0.05, 0) is 12.8 Å². The van der Waals surface area contributed by atoms with Crippen molar-refractivity contribution in [3.05, 3.63) is 0 Å². The Kier molecular flexibility index (Phi) is 24.3. The Morgan fingerprint density at radius 2 is 1.23 bits per heavy atom. The Bertz CT molecular complexity index is 895. The van der Waals surface area contributed by atoms with Crippen LogP contribution in [0.5, 0.6) is 0 Å². The molecule has 1 aliphatic heterocycles. The van der Waals surface area contributed by atoms with Gasteiger partial charge in [0.15, 0.2) is 6.29 Å². The van der Waals surface area contributed by atoms with Crippen LogP contribution in [0.3, 0.4) is 0 Å². The van der Waals surface area contributed by atoms with Gasteiger partial charge < -0.3 is 40.3 Å². The van der Waals surface area contributed by atoms with Crippen LogP contribution in [-0.2, 0) is 28.9 Å². The number of ether oxygens (including phenoxy) is 2. The first-order valence-electron chi connectivity index (χ1n) is 18.0. The second-order valence-corrected chi connectivity index (χ2v) is 14.0. The second-order valence-electron chi connectivity index (χ2n) is 13.0. The van der Waals surface area contributed by atoms with Crippen molar-refractivity contribution < 1.29 is 57.0 Å². The van der Waals surface area contributed by atoms with E-state index in [1.54, 1.807) is 0 Å². The van der Waals surface area contributed by atoms with Crippen LogP contribution in [0.15, 0.2) is 0 Å². The third-order valence-corrected chi connectivity index (χ3v) is 9.24. The van der Waals surface area contributed by atoms with Gasteiger partial charge in [-0.1, -0.05) is 129 Å². The van der Waals surface area contributed by atoms with E-state index in [0.29, 0.717) is 19.3 Å². The molecule has 0 aromatic heterocycles. The summed E-state index contributed by atoms with van der Waals surface area (Å²) in [5.41, 5.74) is 0. The summed E-state index contributed by atoms with van der Waals surface area (Å²) in [6.45, 7) is 3.16. The van der Waals surface area contributed by atoms with E-state index in [9.17, 15) is 38.7 Å². The highest BCUT2D eigenvalue weighted by molar-refractivity contribution is 7.80. The lowest BCUT2D eigenvalue weighted by Crippen LogP contribution is -2.61. The SMILES string of the molecule is CCCCCCCCCCCCC(O)C(COC1OC(CO)C(O)C(OS(=O)(=O)O)C1O)NC(=O)C(O)CCCCCCCCCC. The van der Waals surface area contributed by atoms with Gasteiger partial charge in [0.25, 0.3) is 0 Å². The molecule has 1 aliphatic rings. The van der Waals surface area contributed by atoms with Gasteiger partial charge in [0, 0.05) is 0 Å². The van der Waals surface area contributed by atoms with Gasteiger partial charge in [0.05, 0.1) is 25.4 Å². The van der Waals surface area contributed by atoms with Crippen molar-refractivity contribution in [1.29, 1.82) is 0 Å². The predicted molar refractivity (Wildman–Crippen MR) is 178 cm³/mol. The normalized spacial score (nSPS) is 23.8. The fourth-order valence-electron chi connectivity index (χ4n) is 5.82. The van der Waals surface area contributed by atoms with Crippen molar-refractivity contribution in [3.8, 4) is 0 Å². The van der Waals surface area contributed by atoms with Crippen molar-refractivity contribution in [2.45, 2.75) is 191 Å². The minimum Gasteiger partial charge on any atom is -0.394 e. The first-order valence-corrected chi connectivity index (χ1v) is 19.4. The van der Waals surface area contributed by atoms with Gasteiger partial charge in [-0.2, -0.15) is 8.42 Å². The minimum absolute atomic E-state index is 0.262. The molecule has 1 saturated heterocycles. The summed E-state index contributed by atoms with van der Waals surface area (Å²) in [5.74, 6) is -0.676. The lowest BCUT2D eigenvalue weighted by atomic mass is 9.99. The van der Waals surface area contributed by atoms with Gasteiger partial charge in [-0.25, -0.2) is 4.18 Å².